The fourth-order valence-corrected chi connectivity index (χ4v) is 5.10. The van der Waals surface area contributed by atoms with Crippen molar-refractivity contribution in [1.29, 1.82) is 0 Å². The van der Waals surface area contributed by atoms with Crippen molar-refractivity contribution in [3.63, 3.8) is 0 Å². The van der Waals surface area contributed by atoms with Gasteiger partial charge in [0, 0.05) is 55.0 Å². The molecule has 4 aromatic rings. The SMILES string of the molecule is CN1CCN(c2cccc(-c3cnc4c(n3)C(c3ccc5ncn(C(C)(C)C)c5c3)=CC4)c2)CC1. The van der Waals surface area contributed by atoms with E-state index in [0.29, 0.717) is 0 Å². The molecule has 2 aromatic heterocycles. The Balaban J connectivity index is 1.35. The van der Waals surface area contributed by atoms with E-state index in [4.69, 9.17) is 9.97 Å². The summed E-state index contributed by atoms with van der Waals surface area (Å²) in [6.07, 6.45) is 6.94. The van der Waals surface area contributed by atoms with E-state index < -0.39 is 0 Å². The Morgan fingerprint density at radius 2 is 1.71 bits per heavy atom. The Morgan fingerprint density at radius 3 is 2.51 bits per heavy atom. The average Bonchev–Trinajstić information content (AvgIpc) is 3.48. The van der Waals surface area contributed by atoms with Crippen molar-refractivity contribution in [2.45, 2.75) is 32.7 Å². The topological polar surface area (TPSA) is 50.1 Å². The van der Waals surface area contributed by atoms with Gasteiger partial charge in [0.15, 0.2) is 0 Å². The lowest BCUT2D eigenvalue weighted by Gasteiger charge is -2.34. The minimum atomic E-state index is -0.0307. The molecule has 0 unspecified atom stereocenters. The van der Waals surface area contributed by atoms with Crippen LogP contribution >= 0.6 is 0 Å². The minimum absolute atomic E-state index is 0.0307. The second kappa shape index (κ2) is 8.31. The second-order valence-corrected chi connectivity index (χ2v) is 10.7. The van der Waals surface area contributed by atoms with Crippen LogP contribution in [0, 0.1) is 0 Å². The van der Waals surface area contributed by atoms with Crippen LogP contribution in [0.3, 0.4) is 0 Å². The maximum absolute atomic E-state index is 5.14. The van der Waals surface area contributed by atoms with E-state index in [0.717, 1.165) is 71.9 Å². The molecule has 1 aliphatic carbocycles. The highest BCUT2D eigenvalue weighted by Gasteiger charge is 2.22. The summed E-state index contributed by atoms with van der Waals surface area (Å²) in [6, 6.07) is 15.3. The maximum Gasteiger partial charge on any atom is 0.0963 e. The van der Waals surface area contributed by atoms with Gasteiger partial charge in [-0.25, -0.2) is 9.97 Å². The summed E-state index contributed by atoms with van der Waals surface area (Å²) in [5.74, 6) is 0. The number of piperazine rings is 1. The summed E-state index contributed by atoms with van der Waals surface area (Å²) in [7, 11) is 2.19. The molecule has 1 saturated heterocycles. The number of nitrogens with zero attached hydrogens (tertiary/aromatic N) is 6. The number of likely N-dealkylation sites (N-methyl/N-ethyl adjacent to an activating group) is 1. The lowest BCUT2D eigenvalue weighted by molar-refractivity contribution is 0.313. The van der Waals surface area contributed by atoms with E-state index in [1.807, 2.05) is 12.5 Å². The minimum Gasteiger partial charge on any atom is -0.369 e. The fraction of sp³-hybridized carbons (Fsp3) is 0.345. The van der Waals surface area contributed by atoms with E-state index >= 15 is 0 Å². The van der Waals surface area contributed by atoms with Crippen LogP contribution in [0.25, 0.3) is 27.9 Å². The Labute approximate surface area is 207 Å². The van der Waals surface area contributed by atoms with Gasteiger partial charge in [-0.3, -0.25) is 4.98 Å². The summed E-state index contributed by atoms with van der Waals surface area (Å²) in [5, 5.41) is 0. The van der Waals surface area contributed by atoms with E-state index in [9.17, 15) is 0 Å². The Kier molecular flexibility index (Phi) is 5.22. The molecule has 35 heavy (non-hydrogen) atoms. The van der Waals surface area contributed by atoms with Crippen molar-refractivity contribution in [2.24, 2.45) is 0 Å². The molecule has 0 atom stereocenters. The first kappa shape index (κ1) is 22.0. The van der Waals surface area contributed by atoms with E-state index in [1.54, 1.807) is 0 Å². The first-order valence-electron chi connectivity index (χ1n) is 12.5. The first-order valence-corrected chi connectivity index (χ1v) is 12.5. The first-order chi connectivity index (χ1) is 16.9. The van der Waals surface area contributed by atoms with Crippen molar-refractivity contribution in [2.75, 3.05) is 38.1 Å². The molecule has 0 N–H and O–H groups in total. The average molecular weight is 465 g/mol. The molecule has 2 aliphatic rings. The lowest BCUT2D eigenvalue weighted by Crippen LogP contribution is -2.44. The van der Waals surface area contributed by atoms with Crippen LogP contribution in [-0.4, -0.2) is 57.6 Å². The molecule has 2 aromatic carbocycles. The van der Waals surface area contributed by atoms with Crippen molar-refractivity contribution < 1.29 is 0 Å². The molecular weight excluding hydrogens is 432 g/mol. The molecule has 1 fully saturated rings. The van der Waals surface area contributed by atoms with E-state index in [1.165, 1.54) is 11.3 Å². The van der Waals surface area contributed by atoms with Gasteiger partial charge < -0.3 is 14.4 Å². The summed E-state index contributed by atoms with van der Waals surface area (Å²) in [5.41, 5.74) is 9.80. The van der Waals surface area contributed by atoms with Crippen LogP contribution in [-0.2, 0) is 12.0 Å². The van der Waals surface area contributed by atoms with Gasteiger partial charge in [0.05, 0.1) is 40.6 Å². The fourth-order valence-electron chi connectivity index (χ4n) is 5.10. The van der Waals surface area contributed by atoms with Crippen molar-refractivity contribution in [3.05, 3.63) is 78.0 Å². The van der Waals surface area contributed by atoms with Crippen LogP contribution in [0.4, 0.5) is 5.69 Å². The smallest absolute Gasteiger partial charge is 0.0963 e. The normalized spacial score (nSPS) is 16.6. The van der Waals surface area contributed by atoms with Crippen LogP contribution in [0.5, 0.6) is 0 Å². The molecule has 1 aliphatic heterocycles. The number of hydrogen-bond acceptors (Lipinski definition) is 5. The molecule has 178 valence electrons. The number of hydrogen-bond donors (Lipinski definition) is 0. The summed E-state index contributed by atoms with van der Waals surface area (Å²) in [4.78, 5) is 19.4. The summed E-state index contributed by atoms with van der Waals surface area (Å²) >= 11 is 0. The van der Waals surface area contributed by atoms with Gasteiger partial charge in [0.25, 0.3) is 0 Å². The quantitative estimate of drug-likeness (QED) is 0.428. The third-order valence-electron chi connectivity index (χ3n) is 7.19. The zero-order valence-electron chi connectivity index (χ0n) is 21.0. The van der Waals surface area contributed by atoms with Gasteiger partial charge in [0.2, 0.25) is 0 Å². The Hall–Kier alpha value is -3.51. The van der Waals surface area contributed by atoms with Crippen LogP contribution in [0.1, 0.15) is 37.7 Å². The number of anilines is 1. The maximum atomic E-state index is 5.14. The predicted octanol–water partition coefficient (Wildman–Crippen LogP) is 4.99. The zero-order valence-corrected chi connectivity index (χ0v) is 21.0. The standard InChI is InChI=1S/C29H32N6/c1-29(2,3)35-19-31-24-10-8-20(17-27(24)35)23-9-11-25-28(23)32-26(18-30-25)21-6-5-7-22(16-21)34-14-12-33(4)13-15-34/h5-10,16-19H,11-15H2,1-4H3. The van der Waals surface area contributed by atoms with Gasteiger partial charge in [-0.1, -0.05) is 24.3 Å². The number of aromatic nitrogens is 4. The molecule has 6 heteroatoms. The highest BCUT2D eigenvalue weighted by Crippen LogP contribution is 2.34. The Bertz CT molecular complexity index is 1430. The highest BCUT2D eigenvalue weighted by atomic mass is 15.2. The Morgan fingerprint density at radius 1 is 0.886 bits per heavy atom. The second-order valence-electron chi connectivity index (χ2n) is 10.7. The molecule has 0 bridgehead atoms. The monoisotopic (exact) mass is 464 g/mol. The number of imidazole rings is 1. The molecule has 6 rings (SSSR count). The third-order valence-corrected chi connectivity index (χ3v) is 7.19. The summed E-state index contributed by atoms with van der Waals surface area (Å²) < 4.78 is 2.24. The largest absolute Gasteiger partial charge is 0.369 e. The number of fused-ring (bicyclic) bond motifs is 2. The van der Waals surface area contributed by atoms with Crippen LogP contribution in [0.2, 0.25) is 0 Å². The van der Waals surface area contributed by atoms with Gasteiger partial charge in [-0.05, 0) is 57.6 Å². The van der Waals surface area contributed by atoms with Gasteiger partial charge in [-0.2, -0.15) is 0 Å². The van der Waals surface area contributed by atoms with Crippen LogP contribution < -0.4 is 4.90 Å². The highest BCUT2D eigenvalue weighted by molar-refractivity contribution is 5.88. The number of rotatable bonds is 3. The molecule has 0 saturated carbocycles. The van der Waals surface area contributed by atoms with Crippen molar-refractivity contribution in [3.8, 4) is 11.3 Å². The van der Waals surface area contributed by atoms with Crippen molar-refractivity contribution in [1.82, 2.24) is 24.4 Å². The van der Waals surface area contributed by atoms with Crippen LogP contribution in [0.15, 0.2) is 61.1 Å². The molecule has 6 nitrogen and oxygen atoms in total. The van der Waals surface area contributed by atoms with E-state index in [-0.39, 0.29) is 5.54 Å². The third kappa shape index (κ3) is 4.02. The number of allylic oxidation sites excluding steroid dienone is 1. The van der Waals surface area contributed by atoms with Gasteiger partial charge in [0.1, 0.15) is 0 Å². The summed E-state index contributed by atoms with van der Waals surface area (Å²) in [6.45, 7) is 10.9. The lowest BCUT2D eigenvalue weighted by atomic mass is 10.0. The molecule has 0 amide bonds. The van der Waals surface area contributed by atoms with E-state index in [2.05, 4.69) is 95.7 Å². The number of benzene rings is 2. The van der Waals surface area contributed by atoms with Gasteiger partial charge >= 0.3 is 0 Å². The van der Waals surface area contributed by atoms with Gasteiger partial charge in [-0.15, -0.1) is 0 Å². The predicted molar refractivity (Wildman–Crippen MR) is 143 cm³/mol. The molecule has 3 heterocycles. The van der Waals surface area contributed by atoms with Crippen molar-refractivity contribution >= 4 is 22.3 Å². The molecular formula is C29H32N6. The zero-order chi connectivity index (χ0) is 24.2. The molecule has 0 radical (unpaired) electrons. The molecule has 0 spiro atoms.